The van der Waals surface area contributed by atoms with Crippen molar-refractivity contribution in [3.05, 3.63) is 40.5 Å². The van der Waals surface area contributed by atoms with Crippen LogP contribution in [0.3, 0.4) is 0 Å². The predicted octanol–water partition coefficient (Wildman–Crippen LogP) is 1.64. The van der Waals surface area contributed by atoms with Gasteiger partial charge >= 0.3 is 0 Å². The van der Waals surface area contributed by atoms with Crippen molar-refractivity contribution in [2.45, 2.75) is 13.8 Å². The fraction of sp³-hybridized carbons (Fsp3) is 0.143. The largest absolute Gasteiger partial charge is 0.269 e. The molecular weight excluding hydrogens is 242 g/mol. The monoisotopic (exact) mass is 251 g/mol. The van der Waals surface area contributed by atoms with Gasteiger partial charge in [-0.2, -0.15) is 10.5 Å². The maximum absolute atomic E-state index is 12.0. The van der Waals surface area contributed by atoms with Crippen LogP contribution in [-0.4, -0.2) is 11.8 Å². The fourth-order valence-corrected chi connectivity index (χ4v) is 1.84. The molecule has 0 radical (unpaired) electrons. The molecule has 1 aromatic rings. The summed E-state index contributed by atoms with van der Waals surface area (Å²) in [6, 6.07) is 8.05. The van der Waals surface area contributed by atoms with Gasteiger partial charge in [-0.3, -0.25) is 9.59 Å². The molecule has 1 aromatic carbocycles. The summed E-state index contributed by atoms with van der Waals surface area (Å²) in [5.41, 5.74) is 1.46. The van der Waals surface area contributed by atoms with Crippen molar-refractivity contribution in [2.24, 2.45) is 0 Å². The molecule has 0 spiro atoms. The van der Waals surface area contributed by atoms with Gasteiger partial charge in [0.25, 0.3) is 11.8 Å². The van der Waals surface area contributed by atoms with Crippen molar-refractivity contribution in [1.82, 2.24) is 0 Å². The van der Waals surface area contributed by atoms with E-state index in [0.29, 0.717) is 16.8 Å². The van der Waals surface area contributed by atoms with Gasteiger partial charge in [0, 0.05) is 11.1 Å². The van der Waals surface area contributed by atoms with E-state index in [9.17, 15) is 9.59 Å². The number of hydrogen-bond acceptors (Lipinski definition) is 4. The van der Waals surface area contributed by atoms with Crippen molar-refractivity contribution in [1.29, 1.82) is 10.5 Å². The normalized spacial score (nSPS) is 14.6. The van der Waals surface area contributed by atoms with Gasteiger partial charge in [-0.15, -0.1) is 0 Å². The van der Waals surface area contributed by atoms with Crippen LogP contribution in [0.1, 0.15) is 25.0 Å². The summed E-state index contributed by atoms with van der Waals surface area (Å²) in [5, 5.41) is 17.8. The van der Waals surface area contributed by atoms with E-state index in [-0.39, 0.29) is 11.1 Å². The summed E-state index contributed by atoms with van der Waals surface area (Å²) < 4.78 is 0. The minimum Gasteiger partial charge on any atom is -0.269 e. The highest BCUT2D eigenvalue weighted by Gasteiger charge is 2.34. The lowest BCUT2D eigenvalue weighted by atomic mass is 10.1. The topological polar surface area (TPSA) is 85.0 Å². The average molecular weight is 251 g/mol. The maximum atomic E-state index is 12.0. The molecule has 1 aliphatic rings. The lowest BCUT2D eigenvalue weighted by Gasteiger charge is -2.15. The van der Waals surface area contributed by atoms with E-state index in [2.05, 4.69) is 0 Å². The lowest BCUT2D eigenvalue weighted by Crippen LogP contribution is -2.31. The first-order valence-corrected chi connectivity index (χ1v) is 5.51. The predicted molar refractivity (Wildman–Crippen MR) is 66.7 cm³/mol. The van der Waals surface area contributed by atoms with Crippen LogP contribution in [0.2, 0.25) is 0 Å². The third-order valence-electron chi connectivity index (χ3n) is 3.11. The molecule has 0 N–H and O–H groups in total. The summed E-state index contributed by atoms with van der Waals surface area (Å²) in [6.45, 7) is 3.18. The minimum atomic E-state index is -0.393. The molecule has 2 amide bonds. The van der Waals surface area contributed by atoms with Gasteiger partial charge in [0.05, 0.1) is 16.8 Å². The van der Waals surface area contributed by atoms with E-state index in [1.165, 1.54) is 18.2 Å². The second kappa shape index (κ2) is 4.40. The van der Waals surface area contributed by atoms with Crippen LogP contribution in [0.4, 0.5) is 5.69 Å². The third-order valence-corrected chi connectivity index (χ3v) is 3.11. The van der Waals surface area contributed by atoms with E-state index < -0.39 is 11.8 Å². The van der Waals surface area contributed by atoms with Crippen molar-refractivity contribution in [2.75, 3.05) is 4.90 Å². The summed E-state index contributed by atoms with van der Waals surface area (Å²) in [7, 11) is 0. The van der Waals surface area contributed by atoms with Crippen molar-refractivity contribution < 1.29 is 9.59 Å². The number of rotatable bonds is 1. The number of nitriles is 2. The molecule has 1 aliphatic heterocycles. The molecule has 2 rings (SSSR count). The number of amides is 2. The van der Waals surface area contributed by atoms with Gasteiger partial charge in [-0.05, 0) is 32.0 Å². The van der Waals surface area contributed by atoms with Crippen LogP contribution in [0.15, 0.2) is 29.3 Å². The molecule has 92 valence electrons. The van der Waals surface area contributed by atoms with Gasteiger partial charge in [0.15, 0.2) is 0 Å². The number of carbonyl (C=O) groups is 2. The number of anilines is 1. The number of carbonyl (C=O) groups excluding carboxylic acids is 2. The average Bonchev–Trinajstić information content (AvgIpc) is 2.62. The Bertz CT molecular complexity index is 693. The molecule has 19 heavy (non-hydrogen) atoms. The summed E-state index contributed by atoms with van der Waals surface area (Å²) in [5.74, 6) is -0.785. The summed E-state index contributed by atoms with van der Waals surface area (Å²) in [6.07, 6.45) is 0. The maximum Gasteiger partial charge on any atom is 0.261 e. The Hall–Kier alpha value is -2.92. The smallest absolute Gasteiger partial charge is 0.261 e. The zero-order valence-electron chi connectivity index (χ0n) is 10.4. The van der Waals surface area contributed by atoms with Gasteiger partial charge < -0.3 is 0 Å². The first-order valence-electron chi connectivity index (χ1n) is 5.51. The SMILES string of the molecule is CC1=C(C)C(=O)N(c2ccc(C#N)c(C#N)c2)C1=O. The lowest BCUT2D eigenvalue weighted by molar-refractivity contribution is -0.120. The third kappa shape index (κ3) is 1.78. The summed E-state index contributed by atoms with van der Waals surface area (Å²) in [4.78, 5) is 25.0. The standard InChI is InChI=1S/C14H9N3O2/c1-8-9(2)14(19)17(13(8)18)12-4-3-10(6-15)11(5-12)7-16/h3-5H,1-2H3. The highest BCUT2D eigenvalue weighted by atomic mass is 16.2. The number of imide groups is 1. The molecule has 0 atom stereocenters. The molecule has 0 fully saturated rings. The van der Waals surface area contributed by atoms with E-state index in [1.54, 1.807) is 13.8 Å². The number of hydrogen-bond donors (Lipinski definition) is 0. The second-order valence-electron chi connectivity index (χ2n) is 4.15. The molecule has 0 bridgehead atoms. The van der Waals surface area contributed by atoms with Crippen LogP contribution in [0.5, 0.6) is 0 Å². The molecule has 1 heterocycles. The fourth-order valence-electron chi connectivity index (χ4n) is 1.84. The molecule has 5 nitrogen and oxygen atoms in total. The molecule has 0 aromatic heterocycles. The Balaban J connectivity index is 2.52. The summed E-state index contributed by atoms with van der Waals surface area (Å²) >= 11 is 0. The van der Waals surface area contributed by atoms with Crippen LogP contribution in [0.25, 0.3) is 0 Å². The van der Waals surface area contributed by atoms with Gasteiger partial charge in [0.2, 0.25) is 0 Å². The molecule has 0 saturated carbocycles. The first-order chi connectivity index (χ1) is 9.01. The van der Waals surface area contributed by atoms with Crippen LogP contribution < -0.4 is 4.90 Å². The number of benzene rings is 1. The molecular formula is C14H9N3O2. The molecule has 0 saturated heterocycles. The molecule has 0 unspecified atom stereocenters. The van der Waals surface area contributed by atoms with Gasteiger partial charge in [-0.25, -0.2) is 4.90 Å². The quantitative estimate of drug-likeness (QED) is 0.710. The van der Waals surface area contributed by atoms with E-state index in [0.717, 1.165) is 4.90 Å². The molecule has 0 aliphatic carbocycles. The van der Waals surface area contributed by atoms with Crippen molar-refractivity contribution in [3.63, 3.8) is 0 Å². The molecule has 5 heteroatoms. The number of nitrogens with zero attached hydrogens (tertiary/aromatic N) is 3. The first kappa shape index (κ1) is 12.5. The van der Waals surface area contributed by atoms with Crippen LogP contribution in [-0.2, 0) is 9.59 Å². The van der Waals surface area contributed by atoms with E-state index in [4.69, 9.17) is 10.5 Å². The highest BCUT2D eigenvalue weighted by Crippen LogP contribution is 2.27. The second-order valence-corrected chi connectivity index (χ2v) is 4.15. The zero-order valence-corrected chi connectivity index (χ0v) is 10.4. The Morgan fingerprint density at radius 3 is 1.95 bits per heavy atom. The highest BCUT2D eigenvalue weighted by molar-refractivity contribution is 6.32. The minimum absolute atomic E-state index is 0.141. The Labute approximate surface area is 110 Å². The zero-order chi connectivity index (χ0) is 14.2. The van der Waals surface area contributed by atoms with E-state index in [1.807, 2.05) is 12.1 Å². The van der Waals surface area contributed by atoms with Crippen molar-refractivity contribution in [3.8, 4) is 12.1 Å². The Kier molecular flexibility index (Phi) is 2.90. The van der Waals surface area contributed by atoms with E-state index >= 15 is 0 Å². The van der Waals surface area contributed by atoms with Crippen LogP contribution >= 0.6 is 0 Å². The van der Waals surface area contributed by atoms with Crippen molar-refractivity contribution >= 4 is 17.5 Å². The Morgan fingerprint density at radius 2 is 1.47 bits per heavy atom. The Morgan fingerprint density at radius 1 is 0.947 bits per heavy atom. The van der Waals surface area contributed by atoms with Gasteiger partial charge in [0.1, 0.15) is 12.1 Å². The van der Waals surface area contributed by atoms with Crippen LogP contribution in [0, 0.1) is 22.7 Å². The van der Waals surface area contributed by atoms with Gasteiger partial charge in [-0.1, -0.05) is 0 Å².